The lowest BCUT2D eigenvalue weighted by molar-refractivity contribution is 0.0872. The van der Waals surface area contributed by atoms with E-state index in [-0.39, 0.29) is 22.7 Å². The quantitative estimate of drug-likeness (QED) is 0.610. The Hall–Kier alpha value is -2.09. The Morgan fingerprint density at radius 2 is 1.23 bits per heavy atom. The van der Waals surface area contributed by atoms with E-state index in [9.17, 15) is 4.79 Å². The maximum absolute atomic E-state index is 13.3. The lowest BCUT2D eigenvalue weighted by Crippen LogP contribution is -2.16. The van der Waals surface area contributed by atoms with Crippen LogP contribution in [0.15, 0.2) is 48.5 Å². The van der Waals surface area contributed by atoms with Crippen LogP contribution < -0.4 is 0 Å². The van der Waals surface area contributed by atoms with E-state index in [2.05, 4.69) is 52.0 Å². The molecule has 0 aliphatic heterocycles. The summed E-state index contributed by atoms with van der Waals surface area (Å²) in [5.74, 6) is 0.298. The van der Waals surface area contributed by atoms with Crippen molar-refractivity contribution in [2.24, 2.45) is 16.7 Å². The molecule has 0 unspecified atom stereocenters. The smallest absolute Gasteiger partial charge is 0.235 e. The zero-order valence-electron chi connectivity index (χ0n) is 13.6. The standard InChI is InChI=1S/C20H21NO/c1-19(2)17(20(19,3)4)18(22)21-15-11-7-5-9-13(15)14-10-6-8-12-16(14)21/h5-12,17H,1-4H3. The molecule has 0 bridgehead atoms. The van der Waals surface area contributed by atoms with Crippen LogP contribution in [0.25, 0.3) is 21.8 Å². The fourth-order valence-corrected chi connectivity index (χ4v) is 4.10. The number of carbonyl (C=O) groups is 1. The third-order valence-electron chi connectivity index (χ3n) is 6.07. The molecule has 0 radical (unpaired) electrons. The largest absolute Gasteiger partial charge is 0.280 e. The van der Waals surface area contributed by atoms with Gasteiger partial charge in [0, 0.05) is 10.8 Å². The van der Waals surface area contributed by atoms with Gasteiger partial charge in [-0.1, -0.05) is 64.1 Å². The van der Waals surface area contributed by atoms with Crippen LogP contribution in [0.4, 0.5) is 0 Å². The van der Waals surface area contributed by atoms with Gasteiger partial charge in [-0.25, -0.2) is 0 Å². The molecule has 0 amide bonds. The van der Waals surface area contributed by atoms with Gasteiger partial charge in [0.25, 0.3) is 0 Å². The van der Waals surface area contributed by atoms with Crippen LogP contribution >= 0.6 is 0 Å². The molecule has 1 fully saturated rings. The van der Waals surface area contributed by atoms with Crippen molar-refractivity contribution in [2.45, 2.75) is 27.7 Å². The molecular formula is C20H21NO. The van der Waals surface area contributed by atoms with Crippen LogP contribution in [0.1, 0.15) is 32.5 Å². The second-order valence-electron chi connectivity index (χ2n) is 7.58. The normalized spacial score (nSPS) is 19.6. The lowest BCUT2D eigenvalue weighted by atomic mass is 10.0. The second-order valence-corrected chi connectivity index (χ2v) is 7.58. The molecule has 0 saturated heterocycles. The first kappa shape index (κ1) is 13.6. The first-order chi connectivity index (χ1) is 10.4. The van der Waals surface area contributed by atoms with Crippen molar-refractivity contribution < 1.29 is 4.79 Å². The Morgan fingerprint density at radius 3 is 1.64 bits per heavy atom. The SMILES string of the molecule is CC1(C)C(C(=O)n2c3ccccc3c3ccccc32)C1(C)C. The average Bonchev–Trinajstić information content (AvgIpc) is 2.79. The number of carbonyl (C=O) groups excluding carboxylic acids is 1. The average molecular weight is 291 g/mol. The predicted octanol–water partition coefficient (Wildman–Crippen LogP) is 5.12. The van der Waals surface area contributed by atoms with Gasteiger partial charge in [0.05, 0.1) is 17.0 Å². The van der Waals surface area contributed by atoms with Crippen LogP contribution in [0, 0.1) is 16.7 Å². The van der Waals surface area contributed by atoms with E-state index >= 15 is 0 Å². The van der Waals surface area contributed by atoms with Crippen molar-refractivity contribution in [1.29, 1.82) is 0 Å². The molecule has 2 aromatic carbocycles. The summed E-state index contributed by atoms with van der Waals surface area (Å²) in [7, 11) is 0. The molecule has 2 nitrogen and oxygen atoms in total. The van der Waals surface area contributed by atoms with E-state index in [0.29, 0.717) is 0 Å². The highest BCUT2D eigenvalue weighted by atomic mass is 16.2. The summed E-state index contributed by atoms with van der Waals surface area (Å²) in [5.41, 5.74) is 2.15. The van der Waals surface area contributed by atoms with Gasteiger partial charge in [-0.3, -0.25) is 9.36 Å². The van der Waals surface area contributed by atoms with Crippen LogP contribution in [0.2, 0.25) is 0 Å². The maximum atomic E-state index is 13.3. The highest BCUT2D eigenvalue weighted by Gasteiger charge is 2.68. The summed E-state index contributed by atoms with van der Waals surface area (Å²) in [5, 5.41) is 2.31. The van der Waals surface area contributed by atoms with Crippen molar-refractivity contribution in [3.05, 3.63) is 48.5 Å². The monoisotopic (exact) mass is 291 g/mol. The molecule has 2 heteroatoms. The van der Waals surface area contributed by atoms with Gasteiger partial charge >= 0.3 is 0 Å². The number of hydrogen-bond acceptors (Lipinski definition) is 1. The number of rotatable bonds is 1. The minimum absolute atomic E-state index is 0.0521. The second kappa shape index (κ2) is 4.01. The molecule has 22 heavy (non-hydrogen) atoms. The Balaban J connectivity index is 2.00. The van der Waals surface area contributed by atoms with E-state index in [1.54, 1.807) is 0 Å². The van der Waals surface area contributed by atoms with Crippen LogP contribution in [-0.2, 0) is 0 Å². The maximum Gasteiger partial charge on any atom is 0.235 e. The highest BCUT2D eigenvalue weighted by Crippen LogP contribution is 2.69. The third kappa shape index (κ3) is 1.48. The number of benzene rings is 2. The van der Waals surface area contributed by atoms with Gasteiger partial charge in [-0.2, -0.15) is 0 Å². The summed E-state index contributed by atoms with van der Waals surface area (Å²) >= 11 is 0. The van der Waals surface area contributed by atoms with Crippen LogP contribution in [0.5, 0.6) is 0 Å². The molecule has 4 rings (SSSR count). The lowest BCUT2D eigenvalue weighted by Gasteiger charge is -2.07. The summed E-state index contributed by atoms with van der Waals surface area (Å²) in [6, 6.07) is 16.4. The fraction of sp³-hybridized carbons (Fsp3) is 0.350. The zero-order chi connectivity index (χ0) is 15.7. The van der Waals surface area contributed by atoms with Crippen molar-refractivity contribution in [3.63, 3.8) is 0 Å². The van der Waals surface area contributed by atoms with Gasteiger partial charge in [0.2, 0.25) is 5.91 Å². The van der Waals surface area contributed by atoms with Crippen molar-refractivity contribution in [3.8, 4) is 0 Å². The van der Waals surface area contributed by atoms with Gasteiger partial charge in [0.15, 0.2) is 0 Å². The predicted molar refractivity (Wildman–Crippen MR) is 91.1 cm³/mol. The number of para-hydroxylation sites is 2. The van der Waals surface area contributed by atoms with Gasteiger partial charge < -0.3 is 0 Å². The molecule has 1 saturated carbocycles. The summed E-state index contributed by atoms with van der Waals surface area (Å²) < 4.78 is 1.94. The van der Waals surface area contributed by atoms with Crippen molar-refractivity contribution in [2.75, 3.05) is 0 Å². The summed E-state index contributed by atoms with van der Waals surface area (Å²) in [6.07, 6.45) is 0. The van der Waals surface area contributed by atoms with Crippen LogP contribution in [0.3, 0.4) is 0 Å². The summed E-state index contributed by atoms with van der Waals surface area (Å²) in [6.45, 7) is 8.79. The topological polar surface area (TPSA) is 22.0 Å². The van der Waals surface area contributed by atoms with Gasteiger partial charge in [0.1, 0.15) is 0 Å². The zero-order valence-corrected chi connectivity index (χ0v) is 13.6. The molecule has 1 heterocycles. The molecule has 3 aromatic rings. The molecule has 0 spiro atoms. The van der Waals surface area contributed by atoms with Crippen molar-refractivity contribution in [1.82, 2.24) is 4.57 Å². The first-order valence-corrected chi connectivity index (χ1v) is 7.90. The highest BCUT2D eigenvalue weighted by molar-refractivity contribution is 6.14. The van der Waals surface area contributed by atoms with Crippen molar-refractivity contribution >= 4 is 27.7 Å². The fourth-order valence-electron chi connectivity index (χ4n) is 4.10. The van der Waals surface area contributed by atoms with Gasteiger partial charge in [-0.05, 0) is 23.0 Å². The molecule has 0 N–H and O–H groups in total. The minimum Gasteiger partial charge on any atom is -0.280 e. The molecule has 1 aromatic heterocycles. The number of fused-ring (bicyclic) bond motifs is 3. The van der Waals surface area contributed by atoms with Gasteiger partial charge in [-0.15, -0.1) is 0 Å². The Bertz CT molecular complexity index is 847. The van der Waals surface area contributed by atoms with E-state index in [4.69, 9.17) is 0 Å². The number of aromatic nitrogens is 1. The first-order valence-electron chi connectivity index (χ1n) is 7.90. The molecule has 112 valence electrons. The van der Waals surface area contributed by atoms with E-state index in [0.717, 1.165) is 21.8 Å². The Morgan fingerprint density at radius 1 is 0.818 bits per heavy atom. The molecule has 1 aliphatic carbocycles. The van der Waals surface area contributed by atoms with E-state index in [1.165, 1.54) is 0 Å². The summed E-state index contributed by atoms with van der Waals surface area (Å²) in [4.78, 5) is 13.3. The minimum atomic E-state index is 0.0521. The molecule has 1 aliphatic rings. The van der Waals surface area contributed by atoms with E-state index < -0.39 is 0 Å². The van der Waals surface area contributed by atoms with E-state index in [1.807, 2.05) is 28.8 Å². The number of nitrogens with zero attached hydrogens (tertiary/aromatic N) is 1. The van der Waals surface area contributed by atoms with Crippen LogP contribution in [-0.4, -0.2) is 10.5 Å². The molecular weight excluding hydrogens is 270 g/mol. The molecule has 0 atom stereocenters. The number of hydrogen-bond donors (Lipinski definition) is 0. The Labute approximate surface area is 130 Å². The Kier molecular flexibility index (Phi) is 2.47. The third-order valence-corrected chi connectivity index (χ3v) is 6.07.